The summed E-state index contributed by atoms with van der Waals surface area (Å²) in [6, 6.07) is 5.83. The van der Waals surface area contributed by atoms with Crippen molar-refractivity contribution in [2.45, 2.75) is 26.2 Å². The summed E-state index contributed by atoms with van der Waals surface area (Å²) in [5.74, 6) is 0.334. The van der Waals surface area contributed by atoms with Crippen LogP contribution < -0.4 is 15.1 Å². The molecule has 5 heteroatoms. The zero-order valence-electron chi connectivity index (χ0n) is 13.2. The maximum Gasteiger partial charge on any atom is 0.227 e. The summed E-state index contributed by atoms with van der Waals surface area (Å²) < 4.78 is 0. The Labute approximate surface area is 137 Å². The summed E-state index contributed by atoms with van der Waals surface area (Å²) in [6.07, 6.45) is 3.20. The highest BCUT2D eigenvalue weighted by Gasteiger charge is 2.27. The molecule has 1 saturated carbocycles. The van der Waals surface area contributed by atoms with Crippen molar-refractivity contribution in [1.82, 2.24) is 0 Å². The van der Waals surface area contributed by atoms with Gasteiger partial charge in [-0.3, -0.25) is 4.79 Å². The molecule has 2 fully saturated rings. The molecule has 1 saturated heterocycles. The fourth-order valence-electron chi connectivity index (χ4n) is 3.21. The number of halogens is 1. The van der Waals surface area contributed by atoms with Gasteiger partial charge in [0.1, 0.15) is 0 Å². The Morgan fingerprint density at radius 2 is 2.09 bits per heavy atom. The fraction of sp³-hybridized carbons (Fsp3) is 0.588. The number of amides is 1. The molecule has 1 heterocycles. The third-order valence-electron chi connectivity index (χ3n) is 5.00. The van der Waals surface area contributed by atoms with Gasteiger partial charge in [-0.25, -0.2) is 0 Å². The lowest BCUT2D eigenvalue weighted by Crippen LogP contribution is -3.14. The van der Waals surface area contributed by atoms with Crippen molar-refractivity contribution in [3.05, 3.63) is 23.2 Å². The van der Waals surface area contributed by atoms with Crippen LogP contribution in [0.2, 0.25) is 5.02 Å². The SMILES string of the molecule is CC[NH+]1CCN(c2ccc(Cl)cc2NC(=O)C2CCC2)CC1. The van der Waals surface area contributed by atoms with E-state index in [1.165, 1.54) is 13.0 Å². The number of hydrogen-bond acceptors (Lipinski definition) is 2. The standard InChI is InChI=1S/C17H24ClN3O/c1-2-20-8-10-21(11-9-20)16-7-6-14(18)12-15(16)19-17(22)13-4-3-5-13/h6-7,12-13H,2-5,8-11H2,1H3,(H,19,22)/p+1. The van der Waals surface area contributed by atoms with Gasteiger partial charge in [-0.2, -0.15) is 0 Å². The van der Waals surface area contributed by atoms with Crippen molar-refractivity contribution in [3.63, 3.8) is 0 Å². The monoisotopic (exact) mass is 322 g/mol. The Balaban J connectivity index is 1.74. The average Bonchev–Trinajstić information content (AvgIpc) is 2.46. The first-order valence-corrected chi connectivity index (χ1v) is 8.74. The van der Waals surface area contributed by atoms with Crippen LogP contribution in [0.25, 0.3) is 0 Å². The van der Waals surface area contributed by atoms with Crippen LogP contribution in [-0.2, 0) is 4.79 Å². The molecular formula is C17H25ClN3O+. The predicted octanol–water partition coefficient (Wildman–Crippen LogP) is 1.80. The highest BCUT2D eigenvalue weighted by Crippen LogP contribution is 2.32. The highest BCUT2D eigenvalue weighted by molar-refractivity contribution is 6.31. The zero-order valence-corrected chi connectivity index (χ0v) is 14.0. The van der Waals surface area contributed by atoms with Crippen molar-refractivity contribution in [2.75, 3.05) is 42.9 Å². The number of likely N-dealkylation sites (N-methyl/N-ethyl adjacent to an activating group) is 1. The summed E-state index contributed by atoms with van der Waals surface area (Å²) in [6.45, 7) is 7.76. The maximum absolute atomic E-state index is 12.3. The summed E-state index contributed by atoms with van der Waals surface area (Å²) >= 11 is 6.14. The fourth-order valence-corrected chi connectivity index (χ4v) is 3.38. The Kier molecular flexibility index (Phi) is 4.89. The van der Waals surface area contributed by atoms with Crippen molar-refractivity contribution in [1.29, 1.82) is 0 Å². The van der Waals surface area contributed by atoms with E-state index in [0.717, 1.165) is 50.4 Å². The molecule has 0 aromatic heterocycles. The quantitative estimate of drug-likeness (QED) is 0.887. The second-order valence-corrected chi connectivity index (χ2v) is 6.81. The topological polar surface area (TPSA) is 36.8 Å². The third-order valence-corrected chi connectivity index (χ3v) is 5.24. The van der Waals surface area contributed by atoms with Gasteiger partial charge >= 0.3 is 0 Å². The Bertz CT molecular complexity index is 537. The number of nitrogens with one attached hydrogen (secondary N) is 2. The number of carbonyl (C=O) groups excluding carboxylic acids is 1. The van der Waals surface area contributed by atoms with E-state index in [4.69, 9.17) is 11.6 Å². The predicted molar refractivity (Wildman–Crippen MR) is 90.9 cm³/mol. The number of carbonyl (C=O) groups is 1. The summed E-state index contributed by atoms with van der Waals surface area (Å²) in [5.41, 5.74) is 1.97. The Morgan fingerprint density at radius 3 is 2.68 bits per heavy atom. The van der Waals surface area contributed by atoms with Gasteiger partial charge in [-0.1, -0.05) is 18.0 Å². The van der Waals surface area contributed by atoms with Gasteiger partial charge in [0.25, 0.3) is 0 Å². The first-order chi connectivity index (χ1) is 10.7. The molecule has 0 spiro atoms. The molecule has 0 radical (unpaired) electrons. The summed E-state index contributed by atoms with van der Waals surface area (Å²) in [7, 11) is 0. The van der Waals surface area contributed by atoms with Crippen LogP contribution in [0.1, 0.15) is 26.2 Å². The van der Waals surface area contributed by atoms with E-state index in [1.807, 2.05) is 18.2 Å². The van der Waals surface area contributed by atoms with Crippen LogP contribution in [-0.4, -0.2) is 38.6 Å². The van der Waals surface area contributed by atoms with Gasteiger partial charge < -0.3 is 15.1 Å². The number of quaternary nitrogens is 1. The molecular weight excluding hydrogens is 298 g/mol. The minimum atomic E-state index is 0.146. The first-order valence-electron chi connectivity index (χ1n) is 8.36. The van der Waals surface area contributed by atoms with Gasteiger partial charge in [-0.15, -0.1) is 0 Å². The molecule has 0 unspecified atom stereocenters. The number of benzene rings is 1. The number of hydrogen-bond donors (Lipinski definition) is 2. The molecule has 4 nitrogen and oxygen atoms in total. The highest BCUT2D eigenvalue weighted by atomic mass is 35.5. The van der Waals surface area contributed by atoms with Crippen LogP contribution in [0.5, 0.6) is 0 Å². The van der Waals surface area contributed by atoms with E-state index in [1.54, 1.807) is 4.90 Å². The van der Waals surface area contributed by atoms with Crippen LogP contribution >= 0.6 is 11.6 Å². The first kappa shape index (κ1) is 15.6. The van der Waals surface area contributed by atoms with E-state index in [-0.39, 0.29) is 11.8 Å². The minimum Gasteiger partial charge on any atom is -0.359 e. The summed E-state index contributed by atoms with van der Waals surface area (Å²) in [5, 5.41) is 3.78. The maximum atomic E-state index is 12.3. The van der Waals surface area contributed by atoms with Crippen LogP contribution in [0.3, 0.4) is 0 Å². The molecule has 2 N–H and O–H groups in total. The van der Waals surface area contributed by atoms with E-state index in [9.17, 15) is 4.79 Å². The lowest BCUT2D eigenvalue weighted by molar-refractivity contribution is -0.898. The van der Waals surface area contributed by atoms with Crippen LogP contribution in [0, 0.1) is 5.92 Å². The molecule has 22 heavy (non-hydrogen) atoms. The summed E-state index contributed by atoms with van der Waals surface area (Å²) in [4.78, 5) is 16.3. The van der Waals surface area contributed by atoms with Gasteiger partial charge in [0.15, 0.2) is 0 Å². The normalized spacial score (nSPS) is 19.8. The van der Waals surface area contributed by atoms with Gasteiger partial charge in [0, 0.05) is 10.9 Å². The van der Waals surface area contributed by atoms with E-state index >= 15 is 0 Å². The lowest BCUT2D eigenvalue weighted by atomic mass is 9.85. The van der Waals surface area contributed by atoms with Crippen molar-refractivity contribution in [3.8, 4) is 0 Å². The van der Waals surface area contributed by atoms with E-state index < -0.39 is 0 Å². The Hall–Kier alpha value is -1.26. The molecule has 2 aliphatic rings. The molecule has 1 aromatic carbocycles. The lowest BCUT2D eigenvalue weighted by Gasteiger charge is -2.34. The minimum absolute atomic E-state index is 0.146. The molecule has 1 aliphatic heterocycles. The molecule has 120 valence electrons. The van der Waals surface area contributed by atoms with Crippen LogP contribution in [0.4, 0.5) is 11.4 Å². The molecule has 0 atom stereocenters. The van der Waals surface area contributed by atoms with Gasteiger partial charge in [0.2, 0.25) is 5.91 Å². The number of piperazine rings is 1. The van der Waals surface area contributed by atoms with Crippen molar-refractivity contribution in [2.24, 2.45) is 5.92 Å². The smallest absolute Gasteiger partial charge is 0.227 e. The van der Waals surface area contributed by atoms with Crippen molar-refractivity contribution < 1.29 is 9.69 Å². The number of rotatable bonds is 4. The second-order valence-electron chi connectivity index (χ2n) is 6.37. The van der Waals surface area contributed by atoms with Crippen molar-refractivity contribution >= 4 is 28.9 Å². The molecule has 3 rings (SSSR count). The van der Waals surface area contributed by atoms with Gasteiger partial charge in [-0.05, 0) is 38.0 Å². The van der Waals surface area contributed by atoms with E-state index in [2.05, 4.69) is 17.1 Å². The molecule has 0 bridgehead atoms. The Morgan fingerprint density at radius 1 is 1.36 bits per heavy atom. The number of nitrogens with zero attached hydrogens (tertiary/aromatic N) is 1. The molecule has 1 aromatic rings. The largest absolute Gasteiger partial charge is 0.359 e. The second kappa shape index (κ2) is 6.88. The molecule has 1 aliphatic carbocycles. The molecule has 1 amide bonds. The van der Waals surface area contributed by atoms with Crippen LogP contribution in [0.15, 0.2) is 18.2 Å². The van der Waals surface area contributed by atoms with Gasteiger partial charge in [0.05, 0.1) is 44.1 Å². The average molecular weight is 323 g/mol. The van der Waals surface area contributed by atoms with E-state index in [0.29, 0.717) is 5.02 Å². The number of anilines is 2. The third kappa shape index (κ3) is 3.39. The zero-order chi connectivity index (χ0) is 15.5.